The number of anilines is 1. The van der Waals surface area contributed by atoms with Crippen molar-refractivity contribution in [3.8, 4) is 0 Å². The fraction of sp³-hybridized carbons (Fsp3) is 0.353. The zero-order valence-corrected chi connectivity index (χ0v) is 13.9. The number of rotatable bonds is 2. The molecule has 0 bridgehead atoms. The summed E-state index contributed by atoms with van der Waals surface area (Å²) >= 11 is 1.45. The van der Waals surface area contributed by atoms with Crippen LogP contribution >= 0.6 is 11.8 Å². The molecule has 3 rings (SSSR count). The fourth-order valence-corrected chi connectivity index (χ4v) is 3.60. The Morgan fingerprint density at radius 2 is 1.91 bits per heavy atom. The first-order valence-corrected chi connectivity index (χ1v) is 8.58. The molecule has 0 aliphatic carbocycles. The minimum Gasteiger partial charge on any atom is -0.351 e. The standard InChI is InChI=1S/C17H19N3O2S/c1-12(21)18-14-7-5-13(6-8-14)11-15-16(22)19-17(23-15)20-9-3-2-4-10-20/h5-8,11H,2-4,9-10H2,1H3,(H,18,21)/b15-11-. The minimum atomic E-state index is -0.165. The molecule has 120 valence electrons. The van der Waals surface area contributed by atoms with Crippen LogP contribution in [0, 0.1) is 0 Å². The van der Waals surface area contributed by atoms with Crippen LogP contribution in [0.15, 0.2) is 34.2 Å². The summed E-state index contributed by atoms with van der Waals surface area (Å²) in [5.41, 5.74) is 1.67. The van der Waals surface area contributed by atoms with Crippen LogP contribution in [0.3, 0.4) is 0 Å². The zero-order chi connectivity index (χ0) is 16.2. The van der Waals surface area contributed by atoms with E-state index in [2.05, 4.69) is 15.2 Å². The number of hydrogen-bond acceptors (Lipinski definition) is 4. The number of carbonyl (C=O) groups excluding carboxylic acids is 2. The highest BCUT2D eigenvalue weighted by Crippen LogP contribution is 2.31. The number of likely N-dealkylation sites (tertiary alicyclic amines) is 1. The lowest BCUT2D eigenvalue weighted by molar-refractivity contribution is -0.114. The molecule has 0 radical (unpaired) electrons. The highest BCUT2D eigenvalue weighted by atomic mass is 32.2. The maximum atomic E-state index is 12.1. The largest absolute Gasteiger partial charge is 0.351 e. The molecule has 23 heavy (non-hydrogen) atoms. The van der Waals surface area contributed by atoms with Gasteiger partial charge in [-0.2, -0.15) is 4.99 Å². The van der Waals surface area contributed by atoms with Crippen molar-refractivity contribution in [2.45, 2.75) is 26.2 Å². The van der Waals surface area contributed by atoms with Crippen LogP contribution in [-0.4, -0.2) is 35.0 Å². The number of thioether (sulfide) groups is 1. The van der Waals surface area contributed by atoms with Gasteiger partial charge in [-0.05, 0) is 54.8 Å². The van der Waals surface area contributed by atoms with E-state index in [0.717, 1.165) is 42.3 Å². The van der Waals surface area contributed by atoms with Crippen LogP contribution in [0.5, 0.6) is 0 Å². The van der Waals surface area contributed by atoms with Gasteiger partial charge in [0, 0.05) is 25.7 Å². The molecule has 1 aromatic carbocycles. The van der Waals surface area contributed by atoms with Gasteiger partial charge in [0.2, 0.25) is 5.91 Å². The van der Waals surface area contributed by atoms with E-state index in [9.17, 15) is 9.59 Å². The molecular formula is C17H19N3O2S. The number of amidine groups is 1. The van der Waals surface area contributed by atoms with Crippen LogP contribution in [0.2, 0.25) is 0 Å². The topological polar surface area (TPSA) is 61.8 Å². The van der Waals surface area contributed by atoms with Crippen molar-refractivity contribution in [2.75, 3.05) is 18.4 Å². The molecule has 1 aromatic rings. The van der Waals surface area contributed by atoms with Crippen molar-refractivity contribution in [2.24, 2.45) is 4.99 Å². The van der Waals surface area contributed by atoms with Gasteiger partial charge in [-0.25, -0.2) is 0 Å². The summed E-state index contributed by atoms with van der Waals surface area (Å²) in [6, 6.07) is 7.41. The average Bonchev–Trinajstić information content (AvgIpc) is 2.91. The molecule has 0 spiro atoms. The van der Waals surface area contributed by atoms with Gasteiger partial charge in [-0.3, -0.25) is 9.59 Å². The lowest BCUT2D eigenvalue weighted by atomic mass is 10.1. The van der Waals surface area contributed by atoms with Gasteiger partial charge in [-0.1, -0.05) is 12.1 Å². The Morgan fingerprint density at radius 1 is 1.22 bits per heavy atom. The van der Waals surface area contributed by atoms with E-state index in [4.69, 9.17) is 0 Å². The van der Waals surface area contributed by atoms with Crippen molar-refractivity contribution < 1.29 is 9.59 Å². The monoisotopic (exact) mass is 329 g/mol. The zero-order valence-electron chi connectivity index (χ0n) is 13.0. The van der Waals surface area contributed by atoms with E-state index in [1.165, 1.54) is 25.1 Å². The maximum absolute atomic E-state index is 12.1. The summed E-state index contributed by atoms with van der Waals surface area (Å²) in [7, 11) is 0. The molecule has 0 atom stereocenters. The maximum Gasteiger partial charge on any atom is 0.286 e. The van der Waals surface area contributed by atoms with E-state index in [1.807, 2.05) is 30.3 Å². The Morgan fingerprint density at radius 3 is 2.57 bits per heavy atom. The highest BCUT2D eigenvalue weighted by molar-refractivity contribution is 8.18. The van der Waals surface area contributed by atoms with Crippen LogP contribution < -0.4 is 5.32 Å². The Balaban J connectivity index is 1.68. The molecular weight excluding hydrogens is 310 g/mol. The van der Waals surface area contributed by atoms with Crippen molar-refractivity contribution in [3.05, 3.63) is 34.7 Å². The summed E-state index contributed by atoms with van der Waals surface area (Å²) in [6.07, 6.45) is 5.44. The lowest BCUT2D eigenvalue weighted by Gasteiger charge is -2.27. The van der Waals surface area contributed by atoms with Gasteiger partial charge in [0.25, 0.3) is 5.91 Å². The van der Waals surface area contributed by atoms with Crippen molar-refractivity contribution >= 4 is 40.5 Å². The number of nitrogens with one attached hydrogen (secondary N) is 1. The molecule has 6 heteroatoms. The number of aliphatic imine (C=N–C) groups is 1. The summed E-state index contributed by atoms with van der Waals surface area (Å²) in [5, 5.41) is 3.55. The molecule has 0 aromatic heterocycles. The summed E-state index contributed by atoms with van der Waals surface area (Å²) in [5.74, 6) is -0.265. The second-order valence-electron chi connectivity index (χ2n) is 5.66. The third kappa shape index (κ3) is 4.01. The highest BCUT2D eigenvalue weighted by Gasteiger charge is 2.26. The third-order valence-corrected chi connectivity index (χ3v) is 4.81. The molecule has 0 unspecified atom stereocenters. The second-order valence-corrected chi connectivity index (χ2v) is 6.67. The van der Waals surface area contributed by atoms with Gasteiger partial charge in [0.05, 0.1) is 4.91 Å². The fourth-order valence-electron chi connectivity index (χ4n) is 2.64. The molecule has 0 saturated carbocycles. The number of hydrogen-bond donors (Lipinski definition) is 1. The average molecular weight is 329 g/mol. The van der Waals surface area contributed by atoms with Crippen molar-refractivity contribution in [1.82, 2.24) is 4.90 Å². The van der Waals surface area contributed by atoms with Gasteiger partial charge < -0.3 is 10.2 Å². The minimum absolute atomic E-state index is 0.0998. The molecule has 2 aliphatic rings. The SMILES string of the molecule is CC(=O)Nc1ccc(/C=C2\SC(N3CCCCC3)=NC2=O)cc1. The van der Waals surface area contributed by atoms with Crippen LogP contribution in [-0.2, 0) is 9.59 Å². The van der Waals surface area contributed by atoms with Gasteiger partial charge >= 0.3 is 0 Å². The summed E-state index contributed by atoms with van der Waals surface area (Å²) in [6.45, 7) is 3.44. The predicted octanol–water partition coefficient (Wildman–Crippen LogP) is 3.10. The van der Waals surface area contributed by atoms with Crippen LogP contribution in [0.25, 0.3) is 6.08 Å². The molecule has 1 fully saturated rings. The quantitative estimate of drug-likeness (QED) is 0.847. The van der Waals surface area contributed by atoms with Gasteiger partial charge in [0.15, 0.2) is 5.17 Å². The van der Waals surface area contributed by atoms with Gasteiger partial charge in [0.1, 0.15) is 0 Å². The van der Waals surface area contributed by atoms with Crippen molar-refractivity contribution in [1.29, 1.82) is 0 Å². The first-order valence-electron chi connectivity index (χ1n) is 7.77. The molecule has 2 aliphatic heterocycles. The number of piperidine rings is 1. The first kappa shape index (κ1) is 15.8. The first-order chi connectivity index (χ1) is 11.1. The molecule has 2 heterocycles. The van der Waals surface area contributed by atoms with Crippen LogP contribution in [0.1, 0.15) is 31.7 Å². The summed E-state index contributed by atoms with van der Waals surface area (Å²) in [4.78, 5) is 30.1. The third-order valence-electron chi connectivity index (χ3n) is 3.76. The number of benzene rings is 1. The van der Waals surface area contributed by atoms with E-state index < -0.39 is 0 Å². The van der Waals surface area contributed by atoms with E-state index >= 15 is 0 Å². The van der Waals surface area contributed by atoms with E-state index in [1.54, 1.807) is 0 Å². The Labute approximate surface area is 139 Å². The Kier molecular flexibility index (Phi) is 4.81. The van der Waals surface area contributed by atoms with E-state index in [-0.39, 0.29) is 11.8 Å². The molecule has 1 saturated heterocycles. The number of amides is 2. The van der Waals surface area contributed by atoms with E-state index in [0.29, 0.717) is 4.91 Å². The molecule has 5 nitrogen and oxygen atoms in total. The Bertz CT molecular complexity index is 674. The summed E-state index contributed by atoms with van der Waals surface area (Å²) < 4.78 is 0. The lowest BCUT2D eigenvalue weighted by Crippen LogP contribution is -2.33. The number of carbonyl (C=O) groups is 2. The Hall–Kier alpha value is -2.08. The second kappa shape index (κ2) is 7.00. The predicted molar refractivity (Wildman–Crippen MR) is 94.2 cm³/mol. The molecule has 1 N–H and O–H groups in total. The normalized spacial score (nSPS) is 19.9. The van der Waals surface area contributed by atoms with Crippen molar-refractivity contribution in [3.63, 3.8) is 0 Å². The van der Waals surface area contributed by atoms with Gasteiger partial charge in [-0.15, -0.1) is 0 Å². The number of nitrogens with zero attached hydrogens (tertiary/aromatic N) is 2. The molecule has 2 amide bonds. The van der Waals surface area contributed by atoms with Crippen LogP contribution in [0.4, 0.5) is 5.69 Å². The smallest absolute Gasteiger partial charge is 0.286 e.